The molecule has 3 heterocycles. The number of benzene rings is 1. The number of fused-ring (bicyclic) bond motifs is 4. The number of nitrogens with one attached hydrogen (secondary N) is 2. The van der Waals surface area contributed by atoms with Crippen LogP contribution in [0.5, 0.6) is 0 Å². The lowest BCUT2D eigenvalue weighted by atomic mass is 9.76. The van der Waals surface area contributed by atoms with Crippen LogP contribution in [-0.2, 0) is 29.5 Å². The number of anilines is 1. The van der Waals surface area contributed by atoms with Gasteiger partial charge in [0.05, 0.1) is 25.0 Å². The normalized spacial score (nSPS) is 30.1. The van der Waals surface area contributed by atoms with E-state index in [0.717, 1.165) is 4.90 Å². The second-order valence-corrected chi connectivity index (χ2v) is 7.53. The monoisotopic (exact) mass is 404 g/mol. The Bertz CT molecular complexity index is 922. The van der Waals surface area contributed by atoms with E-state index in [0.29, 0.717) is 5.69 Å². The first kappa shape index (κ1) is 19.5. The Kier molecular flexibility index (Phi) is 4.62. The smallest absolute Gasteiger partial charge is 0.250 e. The predicted molar refractivity (Wildman–Crippen MR) is 97.6 cm³/mol. The van der Waals surface area contributed by atoms with Crippen molar-refractivity contribution < 1.29 is 28.3 Å². The van der Waals surface area contributed by atoms with Crippen molar-refractivity contribution in [3.8, 4) is 0 Å². The summed E-state index contributed by atoms with van der Waals surface area (Å²) in [5, 5.41) is 5.79. The summed E-state index contributed by atoms with van der Waals surface area (Å²) in [5.74, 6) is -4.51. The van der Waals surface area contributed by atoms with Crippen LogP contribution < -0.4 is 16.4 Å². The van der Waals surface area contributed by atoms with Crippen molar-refractivity contribution in [3.05, 3.63) is 29.6 Å². The van der Waals surface area contributed by atoms with Gasteiger partial charge in [0.1, 0.15) is 11.4 Å². The summed E-state index contributed by atoms with van der Waals surface area (Å²) >= 11 is 0. The molecule has 0 bridgehead atoms. The molecule has 29 heavy (non-hydrogen) atoms. The van der Waals surface area contributed by atoms with Gasteiger partial charge < -0.3 is 15.8 Å². The molecule has 2 saturated heterocycles. The maximum Gasteiger partial charge on any atom is 0.250 e. The lowest BCUT2D eigenvalue weighted by Gasteiger charge is -2.29. The van der Waals surface area contributed by atoms with Crippen LogP contribution in [0.25, 0.3) is 0 Å². The van der Waals surface area contributed by atoms with Gasteiger partial charge in [0, 0.05) is 30.8 Å². The van der Waals surface area contributed by atoms with Crippen LogP contribution in [0, 0.1) is 17.7 Å². The minimum atomic E-state index is -1.58. The maximum absolute atomic E-state index is 14.0. The third-order valence-corrected chi connectivity index (χ3v) is 5.99. The van der Waals surface area contributed by atoms with Crippen LogP contribution in [0.4, 0.5) is 10.1 Å². The van der Waals surface area contributed by atoms with Crippen molar-refractivity contribution >= 4 is 29.3 Å². The van der Waals surface area contributed by atoms with Gasteiger partial charge in [-0.15, -0.1) is 0 Å². The number of carbonyl (C=O) groups is 4. The molecule has 10 heteroatoms. The van der Waals surface area contributed by atoms with Gasteiger partial charge in [-0.25, -0.2) is 4.39 Å². The highest BCUT2D eigenvalue weighted by Gasteiger charge is 2.70. The summed E-state index contributed by atoms with van der Waals surface area (Å²) in [6.45, 7) is 0.206. The molecule has 4 atom stereocenters. The summed E-state index contributed by atoms with van der Waals surface area (Å²) in [5.41, 5.74) is 4.34. The molecule has 4 rings (SSSR count). The van der Waals surface area contributed by atoms with Gasteiger partial charge in [-0.1, -0.05) is 0 Å². The number of halogens is 1. The van der Waals surface area contributed by atoms with Crippen LogP contribution in [0.2, 0.25) is 0 Å². The predicted octanol–water partition coefficient (Wildman–Crippen LogP) is -0.542. The molecular formula is C19H21FN4O5. The standard InChI is InChI=1S/C19H21FN4O5/c1-29-7-6-24-16(26)14-12(4-5-13(21)25)23-19(15(14)17(24)27)10-8-9(20)2-3-11(10)22-18(19)28/h2-3,8,12,14-15,23H,4-7H2,1H3,(H2,21,25)(H,22,28)/t12-,14+,15-,19-/m0/s1. The van der Waals surface area contributed by atoms with Crippen LogP contribution in [0.3, 0.4) is 0 Å². The first-order chi connectivity index (χ1) is 13.8. The fraction of sp³-hybridized carbons (Fsp3) is 0.474. The zero-order valence-electron chi connectivity index (χ0n) is 15.7. The second kappa shape index (κ2) is 6.89. The Balaban J connectivity index is 1.81. The average molecular weight is 404 g/mol. The molecule has 2 fully saturated rings. The molecule has 0 saturated carbocycles. The van der Waals surface area contributed by atoms with Crippen molar-refractivity contribution in [2.24, 2.45) is 17.6 Å². The lowest BCUT2D eigenvalue weighted by Crippen LogP contribution is -2.53. The lowest BCUT2D eigenvalue weighted by molar-refractivity contribution is -0.143. The molecule has 154 valence electrons. The quantitative estimate of drug-likeness (QED) is 0.546. The van der Waals surface area contributed by atoms with Gasteiger partial charge in [0.25, 0.3) is 0 Å². The van der Waals surface area contributed by atoms with E-state index in [1.54, 1.807) is 0 Å². The van der Waals surface area contributed by atoms with Crippen LogP contribution in [0.1, 0.15) is 18.4 Å². The molecule has 0 radical (unpaired) electrons. The number of nitrogens with zero attached hydrogens (tertiary/aromatic N) is 1. The Morgan fingerprint density at radius 1 is 1.31 bits per heavy atom. The fourth-order valence-corrected chi connectivity index (χ4v) is 4.78. The number of methoxy groups -OCH3 is 1. The van der Waals surface area contributed by atoms with E-state index >= 15 is 0 Å². The number of rotatable bonds is 6. The maximum atomic E-state index is 14.0. The van der Waals surface area contributed by atoms with E-state index < -0.39 is 52.9 Å². The van der Waals surface area contributed by atoms with Crippen molar-refractivity contribution in [1.82, 2.24) is 10.2 Å². The topological polar surface area (TPSA) is 131 Å². The molecule has 3 aliphatic heterocycles. The van der Waals surface area contributed by atoms with Gasteiger partial charge >= 0.3 is 0 Å². The SMILES string of the molecule is COCCN1C(=O)[C@@H]2[C@H](CCC(N)=O)N[C@]3(C(=O)Nc4ccc(F)cc43)[C@@H]2C1=O. The molecule has 3 aliphatic rings. The average Bonchev–Trinajstić information content (AvgIpc) is 3.24. The van der Waals surface area contributed by atoms with E-state index in [4.69, 9.17) is 10.5 Å². The molecule has 1 spiro atoms. The first-order valence-electron chi connectivity index (χ1n) is 9.33. The summed E-state index contributed by atoms with van der Waals surface area (Å²) in [4.78, 5) is 51.8. The van der Waals surface area contributed by atoms with Crippen LogP contribution in [-0.4, -0.2) is 54.8 Å². The van der Waals surface area contributed by atoms with Gasteiger partial charge in [-0.3, -0.25) is 29.4 Å². The zero-order chi connectivity index (χ0) is 20.9. The number of amides is 4. The number of ether oxygens (including phenoxy) is 1. The van der Waals surface area contributed by atoms with Crippen molar-refractivity contribution in [1.29, 1.82) is 0 Å². The van der Waals surface area contributed by atoms with Crippen LogP contribution >= 0.6 is 0 Å². The van der Waals surface area contributed by atoms with E-state index in [9.17, 15) is 23.6 Å². The second-order valence-electron chi connectivity index (χ2n) is 7.53. The largest absolute Gasteiger partial charge is 0.383 e. The molecule has 0 aromatic heterocycles. The molecule has 9 nitrogen and oxygen atoms in total. The minimum Gasteiger partial charge on any atom is -0.383 e. The van der Waals surface area contributed by atoms with E-state index in [-0.39, 0.29) is 31.6 Å². The highest BCUT2D eigenvalue weighted by Crippen LogP contribution is 2.53. The summed E-state index contributed by atoms with van der Waals surface area (Å²) in [6, 6.07) is 3.19. The highest BCUT2D eigenvalue weighted by atomic mass is 19.1. The number of primary amides is 1. The van der Waals surface area contributed by atoms with Gasteiger partial charge in [-0.05, 0) is 24.6 Å². The summed E-state index contributed by atoms with van der Waals surface area (Å²) in [7, 11) is 1.45. The van der Waals surface area contributed by atoms with Gasteiger partial charge in [-0.2, -0.15) is 0 Å². The first-order valence-corrected chi connectivity index (χ1v) is 9.33. The van der Waals surface area contributed by atoms with Crippen molar-refractivity contribution in [3.63, 3.8) is 0 Å². The number of nitrogens with two attached hydrogens (primary N) is 1. The number of imide groups is 1. The molecule has 0 unspecified atom stereocenters. The van der Waals surface area contributed by atoms with Gasteiger partial charge in [0.2, 0.25) is 23.6 Å². The summed E-state index contributed by atoms with van der Waals surface area (Å²) in [6.07, 6.45) is 0.154. The van der Waals surface area contributed by atoms with E-state index in [1.165, 1.54) is 25.3 Å². The minimum absolute atomic E-state index is 0.0197. The molecule has 4 amide bonds. The van der Waals surface area contributed by atoms with Gasteiger partial charge in [0.15, 0.2) is 0 Å². The van der Waals surface area contributed by atoms with E-state index in [1.807, 2.05) is 0 Å². The third-order valence-electron chi connectivity index (χ3n) is 5.99. The van der Waals surface area contributed by atoms with Crippen LogP contribution in [0.15, 0.2) is 18.2 Å². The number of hydrogen-bond acceptors (Lipinski definition) is 6. The van der Waals surface area contributed by atoms with Crippen molar-refractivity contribution in [2.45, 2.75) is 24.4 Å². The molecule has 1 aromatic carbocycles. The van der Waals surface area contributed by atoms with Crippen molar-refractivity contribution in [2.75, 3.05) is 25.6 Å². The number of hydrogen-bond donors (Lipinski definition) is 3. The molecule has 4 N–H and O–H groups in total. The van der Waals surface area contributed by atoms with E-state index in [2.05, 4.69) is 10.6 Å². The highest BCUT2D eigenvalue weighted by molar-refractivity contribution is 6.15. The molecular weight excluding hydrogens is 383 g/mol. The molecule has 0 aliphatic carbocycles. The fourth-order valence-electron chi connectivity index (χ4n) is 4.78. The summed E-state index contributed by atoms with van der Waals surface area (Å²) < 4.78 is 19.0. The Morgan fingerprint density at radius 2 is 2.07 bits per heavy atom. The Labute approximate surface area is 165 Å². The Morgan fingerprint density at radius 3 is 2.76 bits per heavy atom. The number of likely N-dealkylation sites (tertiary alicyclic amines) is 1. The third kappa shape index (κ3) is 2.74. The zero-order valence-corrected chi connectivity index (χ0v) is 15.7. The molecule has 1 aromatic rings. The Hall–Kier alpha value is -2.85. The number of carbonyl (C=O) groups excluding carboxylic acids is 4.